The zero-order valence-corrected chi connectivity index (χ0v) is 10.7. The summed E-state index contributed by atoms with van der Waals surface area (Å²) in [5, 5.41) is 11.1. The lowest BCUT2D eigenvalue weighted by atomic mass is 10.2. The van der Waals surface area contributed by atoms with E-state index in [0.29, 0.717) is 23.9 Å². The standard InChI is InChI=1S/C13H8F4N4/c1-7-4-9(6-18)20-12(19-7)21-11-5-8(13(15,16)17)2-3-10(11)14/h2-5H,1H3,(H,19,20,21). The van der Waals surface area contributed by atoms with Crippen molar-refractivity contribution in [2.24, 2.45) is 0 Å². The maximum Gasteiger partial charge on any atom is 0.416 e. The number of halogens is 4. The average Bonchev–Trinajstić information content (AvgIpc) is 2.39. The summed E-state index contributed by atoms with van der Waals surface area (Å²) in [5.74, 6) is -1.03. The molecule has 0 unspecified atom stereocenters. The molecule has 0 saturated carbocycles. The number of hydrogen-bond donors (Lipinski definition) is 1. The van der Waals surface area contributed by atoms with Crippen LogP contribution < -0.4 is 5.32 Å². The number of hydrogen-bond acceptors (Lipinski definition) is 4. The lowest BCUT2D eigenvalue weighted by molar-refractivity contribution is -0.137. The highest BCUT2D eigenvalue weighted by Crippen LogP contribution is 2.32. The van der Waals surface area contributed by atoms with Crippen LogP contribution in [0, 0.1) is 24.1 Å². The summed E-state index contributed by atoms with van der Waals surface area (Å²) in [7, 11) is 0. The molecule has 0 bridgehead atoms. The third-order valence-electron chi connectivity index (χ3n) is 2.51. The van der Waals surface area contributed by atoms with E-state index in [1.807, 2.05) is 0 Å². The minimum absolute atomic E-state index is 0.0254. The zero-order valence-electron chi connectivity index (χ0n) is 10.7. The highest BCUT2D eigenvalue weighted by atomic mass is 19.4. The van der Waals surface area contributed by atoms with Gasteiger partial charge in [-0.25, -0.2) is 14.4 Å². The molecule has 2 aromatic rings. The van der Waals surface area contributed by atoms with Gasteiger partial charge in [0.1, 0.15) is 17.6 Å². The molecule has 0 amide bonds. The molecule has 4 nitrogen and oxygen atoms in total. The predicted octanol–water partition coefficient (Wildman–Crippen LogP) is 3.56. The molecule has 0 atom stereocenters. The zero-order chi connectivity index (χ0) is 15.6. The number of anilines is 2. The molecule has 1 N–H and O–H groups in total. The van der Waals surface area contributed by atoms with Crippen molar-refractivity contribution >= 4 is 11.6 Å². The van der Waals surface area contributed by atoms with Crippen LogP contribution in [0.4, 0.5) is 29.2 Å². The SMILES string of the molecule is Cc1cc(C#N)nc(Nc2cc(C(F)(F)F)ccc2F)n1. The number of aromatic nitrogens is 2. The van der Waals surface area contributed by atoms with Crippen LogP contribution in [0.15, 0.2) is 24.3 Å². The van der Waals surface area contributed by atoms with E-state index >= 15 is 0 Å². The molecule has 0 aliphatic rings. The summed E-state index contributed by atoms with van der Waals surface area (Å²) in [6.45, 7) is 1.58. The third kappa shape index (κ3) is 3.45. The fourth-order valence-electron chi connectivity index (χ4n) is 1.60. The monoisotopic (exact) mass is 296 g/mol. The van der Waals surface area contributed by atoms with E-state index in [9.17, 15) is 17.6 Å². The molecule has 1 aromatic carbocycles. The Morgan fingerprint density at radius 2 is 1.90 bits per heavy atom. The van der Waals surface area contributed by atoms with Crippen LogP contribution in [0.2, 0.25) is 0 Å². The van der Waals surface area contributed by atoms with Crippen molar-refractivity contribution in [3.63, 3.8) is 0 Å². The lowest BCUT2D eigenvalue weighted by Crippen LogP contribution is -2.07. The van der Waals surface area contributed by atoms with Gasteiger partial charge in [0.2, 0.25) is 5.95 Å². The van der Waals surface area contributed by atoms with Crippen molar-refractivity contribution in [1.82, 2.24) is 9.97 Å². The quantitative estimate of drug-likeness (QED) is 0.861. The Kier molecular flexibility index (Phi) is 3.76. The molecule has 1 heterocycles. The Hall–Kier alpha value is -2.69. The number of alkyl halides is 3. The number of benzene rings is 1. The summed E-state index contributed by atoms with van der Waals surface area (Å²) in [5.41, 5.74) is -0.965. The molecule has 1 aromatic heterocycles. The number of nitriles is 1. The Bertz CT molecular complexity index is 719. The van der Waals surface area contributed by atoms with E-state index in [0.717, 1.165) is 0 Å². The van der Waals surface area contributed by atoms with Crippen LogP contribution in [0.25, 0.3) is 0 Å². The Morgan fingerprint density at radius 3 is 2.52 bits per heavy atom. The van der Waals surface area contributed by atoms with Gasteiger partial charge < -0.3 is 5.32 Å². The van der Waals surface area contributed by atoms with Crippen molar-refractivity contribution in [2.75, 3.05) is 5.32 Å². The first-order chi connectivity index (χ1) is 9.79. The molecular weight excluding hydrogens is 288 g/mol. The Labute approximate surface area is 117 Å². The van der Waals surface area contributed by atoms with E-state index in [1.165, 1.54) is 6.07 Å². The minimum atomic E-state index is -4.59. The van der Waals surface area contributed by atoms with Crippen molar-refractivity contribution in [3.8, 4) is 6.07 Å². The molecule has 8 heteroatoms. The number of nitrogens with zero attached hydrogens (tertiary/aromatic N) is 3. The fourth-order valence-corrected chi connectivity index (χ4v) is 1.60. The molecule has 108 valence electrons. The van der Waals surface area contributed by atoms with Gasteiger partial charge in [0.05, 0.1) is 11.3 Å². The average molecular weight is 296 g/mol. The van der Waals surface area contributed by atoms with Gasteiger partial charge in [0, 0.05) is 5.69 Å². The highest BCUT2D eigenvalue weighted by Gasteiger charge is 2.31. The second-order valence-electron chi connectivity index (χ2n) is 4.15. The van der Waals surface area contributed by atoms with E-state index in [1.54, 1.807) is 13.0 Å². The molecular formula is C13H8F4N4. The summed E-state index contributed by atoms with van der Waals surface area (Å²) in [6, 6.07) is 5.13. The molecule has 0 saturated heterocycles. The maximum absolute atomic E-state index is 13.6. The number of rotatable bonds is 2. The summed E-state index contributed by atoms with van der Waals surface area (Å²) < 4.78 is 51.4. The molecule has 0 aliphatic heterocycles. The molecule has 0 spiro atoms. The normalized spacial score (nSPS) is 11.0. The molecule has 0 radical (unpaired) electrons. The van der Waals surface area contributed by atoms with Crippen LogP contribution in [0.5, 0.6) is 0 Å². The van der Waals surface area contributed by atoms with Crippen molar-refractivity contribution < 1.29 is 17.6 Å². The van der Waals surface area contributed by atoms with E-state index in [4.69, 9.17) is 5.26 Å². The predicted molar refractivity (Wildman–Crippen MR) is 66.2 cm³/mol. The van der Waals surface area contributed by atoms with Crippen molar-refractivity contribution in [2.45, 2.75) is 13.1 Å². The molecule has 21 heavy (non-hydrogen) atoms. The molecule has 0 aliphatic carbocycles. The highest BCUT2D eigenvalue weighted by molar-refractivity contribution is 5.56. The molecule has 2 rings (SSSR count). The lowest BCUT2D eigenvalue weighted by Gasteiger charge is -2.11. The van der Waals surface area contributed by atoms with Crippen LogP contribution in [0.1, 0.15) is 17.0 Å². The van der Waals surface area contributed by atoms with Gasteiger partial charge >= 0.3 is 6.18 Å². The van der Waals surface area contributed by atoms with Crippen LogP contribution in [0.3, 0.4) is 0 Å². The van der Waals surface area contributed by atoms with Gasteiger partial charge in [-0.2, -0.15) is 18.4 Å². The first kappa shape index (κ1) is 14.7. The maximum atomic E-state index is 13.6. The minimum Gasteiger partial charge on any atom is -0.322 e. The van der Waals surface area contributed by atoms with Crippen LogP contribution in [-0.4, -0.2) is 9.97 Å². The summed E-state index contributed by atoms with van der Waals surface area (Å²) in [4.78, 5) is 7.64. The second kappa shape index (κ2) is 5.36. The van der Waals surface area contributed by atoms with Gasteiger partial charge in [0.25, 0.3) is 0 Å². The first-order valence-electron chi connectivity index (χ1n) is 5.69. The molecule has 0 fully saturated rings. The van der Waals surface area contributed by atoms with E-state index in [2.05, 4.69) is 15.3 Å². The van der Waals surface area contributed by atoms with Gasteiger partial charge in [0.15, 0.2) is 0 Å². The third-order valence-corrected chi connectivity index (χ3v) is 2.51. The van der Waals surface area contributed by atoms with Gasteiger partial charge in [-0.15, -0.1) is 0 Å². The first-order valence-corrected chi connectivity index (χ1v) is 5.69. The second-order valence-corrected chi connectivity index (χ2v) is 4.15. The van der Waals surface area contributed by atoms with Crippen molar-refractivity contribution in [1.29, 1.82) is 5.26 Å². The topological polar surface area (TPSA) is 61.6 Å². The summed E-state index contributed by atoms with van der Waals surface area (Å²) in [6.07, 6.45) is -4.59. The van der Waals surface area contributed by atoms with E-state index in [-0.39, 0.29) is 11.6 Å². The fraction of sp³-hybridized carbons (Fsp3) is 0.154. The Balaban J connectivity index is 2.40. The van der Waals surface area contributed by atoms with Crippen LogP contribution >= 0.6 is 0 Å². The number of aryl methyl sites for hydroxylation is 1. The number of nitrogens with one attached hydrogen (secondary N) is 1. The summed E-state index contributed by atoms with van der Waals surface area (Å²) >= 11 is 0. The van der Waals surface area contributed by atoms with Gasteiger partial charge in [-0.1, -0.05) is 0 Å². The van der Waals surface area contributed by atoms with E-state index < -0.39 is 23.2 Å². The van der Waals surface area contributed by atoms with Crippen molar-refractivity contribution in [3.05, 3.63) is 47.0 Å². The smallest absolute Gasteiger partial charge is 0.322 e. The van der Waals surface area contributed by atoms with Crippen LogP contribution in [-0.2, 0) is 6.18 Å². The largest absolute Gasteiger partial charge is 0.416 e. The van der Waals surface area contributed by atoms with Gasteiger partial charge in [-0.3, -0.25) is 0 Å². The Morgan fingerprint density at radius 1 is 1.19 bits per heavy atom. The van der Waals surface area contributed by atoms with Gasteiger partial charge in [-0.05, 0) is 31.2 Å².